The Morgan fingerprint density at radius 1 is 1.32 bits per heavy atom. The van der Waals surface area contributed by atoms with Crippen LogP contribution in [0.2, 0.25) is 0 Å². The molecule has 1 aromatic carbocycles. The minimum Gasteiger partial charge on any atom is -0.397 e. The second kappa shape index (κ2) is 7.05. The van der Waals surface area contributed by atoms with E-state index in [0.717, 1.165) is 0 Å². The highest BCUT2D eigenvalue weighted by Gasteiger charge is 2.48. The van der Waals surface area contributed by atoms with Gasteiger partial charge in [-0.3, -0.25) is 18.9 Å². The highest BCUT2D eigenvalue weighted by molar-refractivity contribution is 14.1. The predicted molar refractivity (Wildman–Crippen MR) is 91.3 cm³/mol. The van der Waals surface area contributed by atoms with E-state index >= 15 is 0 Å². The Hall–Kier alpha value is -2.06. The van der Waals surface area contributed by atoms with E-state index < -0.39 is 39.6 Å². The van der Waals surface area contributed by atoms with Gasteiger partial charge in [0.15, 0.2) is 11.0 Å². The number of rotatable bonds is 5. The number of hydrogen-bond donors (Lipinski definition) is 2. The van der Waals surface area contributed by atoms with Crippen molar-refractivity contribution in [2.24, 2.45) is 0 Å². The standard InChI is InChI=1S/C13H11IN2O8S/c14-5-8(17)6-2-1-3-7(11(6)15)13(20)24-16-10(18)4-9(12(16)19)25(21,22)23/h1-3,9H,4-5,15H2,(H,21,22,23). The number of benzene rings is 1. The zero-order valence-corrected chi connectivity index (χ0v) is 15.3. The van der Waals surface area contributed by atoms with E-state index in [1.165, 1.54) is 18.2 Å². The van der Waals surface area contributed by atoms with E-state index in [9.17, 15) is 27.6 Å². The van der Waals surface area contributed by atoms with Gasteiger partial charge < -0.3 is 10.6 Å². The van der Waals surface area contributed by atoms with Gasteiger partial charge in [-0.2, -0.15) is 8.42 Å². The van der Waals surface area contributed by atoms with Crippen LogP contribution in [-0.4, -0.2) is 51.3 Å². The number of amides is 2. The average Bonchev–Trinajstić information content (AvgIpc) is 2.82. The van der Waals surface area contributed by atoms with Gasteiger partial charge in [0.05, 0.1) is 22.1 Å². The number of para-hydroxylation sites is 1. The molecule has 10 nitrogen and oxygen atoms in total. The summed E-state index contributed by atoms with van der Waals surface area (Å²) >= 11 is 1.82. The second-order valence-electron chi connectivity index (χ2n) is 4.94. The van der Waals surface area contributed by atoms with Gasteiger partial charge >= 0.3 is 5.97 Å². The summed E-state index contributed by atoms with van der Waals surface area (Å²) in [7, 11) is -4.82. The Bertz CT molecular complexity index is 882. The minimum absolute atomic E-state index is 0.0347. The number of hydrogen-bond acceptors (Lipinski definition) is 8. The lowest BCUT2D eigenvalue weighted by Gasteiger charge is -2.14. The van der Waals surface area contributed by atoms with Crippen LogP contribution in [0.3, 0.4) is 0 Å². The first-order chi connectivity index (χ1) is 11.6. The molecule has 0 radical (unpaired) electrons. The first kappa shape index (κ1) is 19.3. The van der Waals surface area contributed by atoms with Crippen molar-refractivity contribution in [1.82, 2.24) is 5.06 Å². The molecule has 2 rings (SSSR count). The molecule has 0 aromatic heterocycles. The SMILES string of the molecule is Nc1c(C(=O)CI)cccc1C(=O)ON1C(=O)CC(S(=O)(=O)O)C1=O. The van der Waals surface area contributed by atoms with Gasteiger partial charge in [-0.15, -0.1) is 5.06 Å². The first-order valence-electron chi connectivity index (χ1n) is 6.61. The van der Waals surface area contributed by atoms with Crippen LogP contribution in [-0.2, 0) is 24.5 Å². The van der Waals surface area contributed by atoms with Crippen molar-refractivity contribution in [3.8, 4) is 0 Å². The summed E-state index contributed by atoms with van der Waals surface area (Å²) < 4.78 is 31.1. The third-order valence-corrected chi connectivity index (χ3v) is 5.12. The number of halogens is 1. The number of hydroxylamine groups is 2. The molecule has 1 saturated heterocycles. The molecule has 0 aliphatic carbocycles. The lowest BCUT2D eigenvalue weighted by molar-refractivity contribution is -0.172. The van der Waals surface area contributed by atoms with Crippen LogP contribution in [0.15, 0.2) is 18.2 Å². The van der Waals surface area contributed by atoms with Gasteiger partial charge in [0.1, 0.15) is 0 Å². The summed E-state index contributed by atoms with van der Waals surface area (Å²) in [6.07, 6.45) is -0.853. The number of nitrogens with two attached hydrogens (primary N) is 1. The molecule has 2 amide bonds. The molecule has 1 fully saturated rings. The zero-order valence-electron chi connectivity index (χ0n) is 12.3. The van der Waals surface area contributed by atoms with Crippen molar-refractivity contribution in [3.63, 3.8) is 0 Å². The number of nitrogen functional groups attached to an aromatic ring is 1. The maximum Gasteiger partial charge on any atom is 0.366 e. The second-order valence-corrected chi connectivity index (χ2v) is 7.30. The smallest absolute Gasteiger partial charge is 0.366 e. The number of carbonyl (C=O) groups is 4. The fourth-order valence-corrected chi connectivity index (χ4v) is 3.22. The number of alkyl halides is 1. The molecule has 0 bridgehead atoms. The molecule has 25 heavy (non-hydrogen) atoms. The molecule has 0 spiro atoms. The van der Waals surface area contributed by atoms with E-state index in [1.807, 2.05) is 22.6 Å². The van der Waals surface area contributed by atoms with E-state index in [1.54, 1.807) is 0 Å². The molecule has 1 heterocycles. The molecular weight excluding hydrogens is 471 g/mol. The topological polar surface area (TPSA) is 161 Å². The van der Waals surface area contributed by atoms with Gasteiger partial charge in [0.2, 0.25) is 0 Å². The predicted octanol–water partition coefficient (Wildman–Crippen LogP) is -0.0264. The van der Waals surface area contributed by atoms with Crippen molar-refractivity contribution in [3.05, 3.63) is 29.3 Å². The van der Waals surface area contributed by atoms with E-state index in [4.69, 9.17) is 10.3 Å². The van der Waals surface area contributed by atoms with Crippen molar-refractivity contribution >= 4 is 62.0 Å². The number of nitrogens with zero attached hydrogens (tertiary/aromatic N) is 1. The average molecular weight is 482 g/mol. The van der Waals surface area contributed by atoms with Gasteiger partial charge in [-0.05, 0) is 12.1 Å². The zero-order chi connectivity index (χ0) is 18.9. The molecule has 3 N–H and O–H groups in total. The fourth-order valence-electron chi connectivity index (χ4n) is 2.10. The molecule has 134 valence electrons. The third kappa shape index (κ3) is 3.80. The van der Waals surface area contributed by atoms with E-state index in [0.29, 0.717) is 0 Å². The summed E-state index contributed by atoms with van der Waals surface area (Å²) in [6, 6.07) is 3.97. The van der Waals surface area contributed by atoms with Crippen molar-refractivity contribution < 1.29 is 37.0 Å². The van der Waals surface area contributed by atoms with Crippen LogP contribution in [0.5, 0.6) is 0 Å². The van der Waals surface area contributed by atoms with Crippen molar-refractivity contribution in [2.45, 2.75) is 11.7 Å². The quantitative estimate of drug-likeness (QED) is 0.147. The Labute approximate surface area is 155 Å². The van der Waals surface area contributed by atoms with Crippen LogP contribution in [0.1, 0.15) is 27.1 Å². The van der Waals surface area contributed by atoms with Gasteiger partial charge in [0, 0.05) is 5.56 Å². The highest BCUT2D eigenvalue weighted by Crippen LogP contribution is 2.23. The largest absolute Gasteiger partial charge is 0.397 e. The molecule has 1 atom stereocenters. The van der Waals surface area contributed by atoms with E-state index in [2.05, 4.69) is 4.84 Å². The van der Waals surface area contributed by atoms with Crippen LogP contribution in [0.4, 0.5) is 5.69 Å². The Balaban J connectivity index is 2.28. The number of imide groups is 1. The third-order valence-electron chi connectivity index (χ3n) is 3.34. The minimum atomic E-state index is -4.82. The molecular formula is C13H11IN2O8S. The lowest BCUT2D eigenvalue weighted by Crippen LogP contribution is -2.36. The van der Waals surface area contributed by atoms with Gasteiger partial charge in [-0.25, -0.2) is 4.79 Å². The van der Waals surface area contributed by atoms with Crippen molar-refractivity contribution in [2.75, 3.05) is 10.2 Å². The highest BCUT2D eigenvalue weighted by atomic mass is 127. The van der Waals surface area contributed by atoms with Crippen LogP contribution in [0, 0.1) is 0 Å². The summed E-state index contributed by atoms with van der Waals surface area (Å²) in [5.74, 6) is -4.07. The normalized spacial score (nSPS) is 17.7. The number of ketones is 1. The summed E-state index contributed by atoms with van der Waals surface area (Å²) in [5.41, 5.74) is 5.35. The Morgan fingerprint density at radius 2 is 1.92 bits per heavy atom. The molecule has 1 aliphatic heterocycles. The van der Waals surface area contributed by atoms with Gasteiger partial charge in [0.25, 0.3) is 21.9 Å². The Morgan fingerprint density at radius 3 is 2.44 bits per heavy atom. The first-order valence-corrected chi connectivity index (χ1v) is 9.63. The summed E-state index contributed by atoms with van der Waals surface area (Å²) in [6.45, 7) is 0. The summed E-state index contributed by atoms with van der Waals surface area (Å²) in [5, 5.41) is -2.07. The van der Waals surface area contributed by atoms with Crippen LogP contribution < -0.4 is 5.73 Å². The summed E-state index contributed by atoms with van der Waals surface area (Å²) in [4.78, 5) is 52.1. The lowest BCUT2D eigenvalue weighted by atomic mass is 10.0. The fraction of sp³-hybridized carbons (Fsp3) is 0.231. The maximum absolute atomic E-state index is 12.2. The molecule has 1 aliphatic rings. The number of Topliss-reactive ketones (excluding diaryl/α,β-unsaturated/α-hetero) is 1. The maximum atomic E-state index is 12.2. The molecule has 12 heteroatoms. The van der Waals surface area contributed by atoms with Crippen LogP contribution >= 0.6 is 22.6 Å². The van der Waals surface area contributed by atoms with Crippen molar-refractivity contribution in [1.29, 1.82) is 0 Å². The molecule has 0 saturated carbocycles. The van der Waals surface area contributed by atoms with Crippen LogP contribution in [0.25, 0.3) is 0 Å². The van der Waals surface area contributed by atoms with Gasteiger partial charge in [-0.1, -0.05) is 28.7 Å². The number of carbonyl (C=O) groups excluding carboxylic acids is 4. The molecule has 1 unspecified atom stereocenters. The monoisotopic (exact) mass is 482 g/mol. The Kier molecular flexibility index (Phi) is 5.43. The van der Waals surface area contributed by atoms with E-state index in [-0.39, 0.29) is 32.1 Å². The molecule has 1 aromatic rings. The number of anilines is 1.